The van der Waals surface area contributed by atoms with Crippen molar-refractivity contribution in [3.8, 4) is 5.75 Å². The molecule has 0 N–H and O–H groups in total. The van der Waals surface area contributed by atoms with Gasteiger partial charge in [0.05, 0.1) is 0 Å². The molecule has 0 aromatic heterocycles. The Kier molecular flexibility index (Phi) is 4.58. The Balaban J connectivity index is 2.74. The Morgan fingerprint density at radius 2 is 1.60 bits per heavy atom. The fraction of sp³-hybridized carbons (Fsp3) is 0.143. The molecule has 0 bridgehead atoms. The highest BCUT2D eigenvalue weighted by molar-refractivity contribution is 8.14. The Bertz CT molecular complexity index is 417. The first-order valence-electron chi connectivity index (χ1n) is 3.80. The van der Waals surface area contributed by atoms with Crippen molar-refractivity contribution in [2.45, 2.75) is 0 Å². The van der Waals surface area contributed by atoms with Gasteiger partial charge in [-0.2, -0.15) is 0 Å². The summed E-state index contributed by atoms with van der Waals surface area (Å²) in [6.45, 7) is -3.59. The molecule has 0 fully saturated rings. The van der Waals surface area contributed by atoms with Crippen molar-refractivity contribution in [3.05, 3.63) is 30.3 Å². The van der Waals surface area contributed by atoms with E-state index in [0.29, 0.717) is 5.75 Å². The third-order valence-electron chi connectivity index (χ3n) is 1.32. The fourth-order valence-electron chi connectivity index (χ4n) is 0.864. The van der Waals surface area contributed by atoms with Gasteiger partial charge in [-0.3, -0.25) is 9.13 Å². The minimum Gasteiger partial charge on any atom is -0.432 e. The van der Waals surface area contributed by atoms with Crippen molar-refractivity contribution in [1.82, 2.24) is 0 Å². The van der Waals surface area contributed by atoms with Crippen LogP contribution in [0.2, 0.25) is 0 Å². The van der Waals surface area contributed by atoms with Crippen LogP contribution in [0.4, 0.5) is 0 Å². The smallest absolute Gasteiger partial charge is 0.346 e. The summed E-state index contributed by atoms with van der Waals surface area (Å²) in [5, 5.41) is 0. The standard InChI is InChI=1S/C7H7Cl3O3P2/c8-14(9,11)6-15(10,12)13-7-4-2-1-3-5-7/h1-5H,6H2. The average molecular weight is 307 g/mol. The monoisotopic (exact) mass is 306 g/mol. The molecule has 0 aliphatic carbocycles. The van der Waals surface area contributed by atoms with E-state index in [1.807, 2.05) is 0 Å². The molecule has 0 spiro atoms. The summed E-state index contributed by atoms with van der Waals surface area (Å²) < 4.78 is 27.6. The highest BCUT2D eigenvalue weighted by Gasteiger charge is 2.31. The fourth-order valence-corrected chi connectivity index (χ4v) is 8.22. The molecule has 1 rings (SSSR count). The Morgan fingerprint density at radius 1 is 1.07 bits per heavy atom. The molecule has 1 aromatic rings. The van der Waals surface area contributed by atoms with E-state index < -0.39 is 18.5 Å². The predicted octanol–water partition coefficient (Wildman–Crippen LogP) is 5.13. The van der Waals surface area contributed by atoms with Gasteiger partial charge in [-0.1, -0.05) is 18.2 Å². The highest BCUT2D eigenvalue weighted by atomic mass is 35.9. The molecule has 15 heavy (non-hydrogen) atoms. The second-order valence-electron chi connectivity index (χ2n) is 2.71. The van der Waals surface area contributed by atoms with Gasteiger partial charge < -0.3 is 4.52 Å². The van der Waals surface area contributed by atoms with Crippen molar-refractivity contribution in [3.63, 3.8) is 0 Å². The molecule has 1 aromatic carbocycles. The minimum absolute atomic E-state index is 0.317. The summed E-state index contributed by atoms with van der Waals surface area (Å²) in [6, 6.07) is 8.28. The number of hydrogen-bond donors (Lipinski definition) is 0. The summed E-state index contributed by atoms with van der Waals surface area (Å²) in [5.74, 6) is -3.74. The van der Waals surface area contributed by atoms with Crippen LogP contribution in [0.1, 0.15) is 0 Å². The summed E-state index contributed by atoms with van der Waals surface area (Å²) in [5.41, 5.74) is 0. The maximum absolute atomic E-state index is 11.6. The molecule has 0 saturated heterocycles. The van der Waals surface area contributed by atoms with Crippen molar-refractivity contribution < 1.29 is 13.7 Å². The van der Waals surface area contributed by atoms with E-state index in [2.05, 4.69) is 0 Å². The molecule has 0 radical (unpaired) electrons. The third-order valence-corrected chi connectivity index (χ3v) is 7.56. The van der Waals surface area contributed by atoms with Crippen LogP contribution < -0.4 is 4.52 Å². The zero-order chi connectivity index (χ0) is 11.5. The highest BCUT2D eigenvalue weighted by Crippen LogP contribution is 2.69. The maximum atomic E-state index is 11.6. The van der Waals surface area contributed by atoms with Crippen LogP contribution >= 0.6 is 46.3 Å². The molecule has 8 heteroatoms. The first-order chi connectivity index (χ1) is 6.79. The number of para-hydroxylation sites is 1. The number of halogens is 3. The number of benzene rings is 1. The van der Waals surface area contributed by atoms with Crippen molar-refractivity contribution in [2.75, 3.05) is 5.90 Å². The van der Waals surface area contributed by atoms with Crippen molar-refractivity contribution >= 4 is 46.3 Å². The summed E-state index contributed by atoms with van der Waals surface area (Å²) >= 11 is 16.1. The van der Waals surface area contributed by atoms with E-state index in [9.17, 15) is 9.13 Å². The van der Waals surface area contributed by atoms with Crippen LogP contribution in [0.15, 0.2) is 30.3 Å². The topological polar surface area (TPSA) is 43.4 Å². The van der Waals surface area contributed by atoms with Crippen LogP contribution in [-0.2, 0) is 9.13 Å². The normalized spacial score (nSPS) is 15.7. The first kappa shape index (κ1) is 13.4. The van der Waals surface area contributed by atoms with Gasteiger partial charge in [0.15, 0.2) is 0 Å². The van der Waals surface area contributed by atoms with Gasteiger partial charge in [0.25, 0.3) is 5.85 Å². The van der Waals surface area contributed by atoms with E-state index in [-0.39, 0.29) is 0 Å². The molecule has 0 aliphatic rings. The molecule has 0 aliphatic heterocycles. The van der Waals surface area contributed by atoms with E-state index in [1.165, 1.54) is 0 Å². The third kappa shape index (κ3) is 5.85. The zero-order valence-electron chi connectivity index (χ0n) is 7.35. The van der Waals surface area contributed by atoms with Gasteiger partial charge in [-0.25, -0.2) is 0 Å². The molecule has 0 amide bonds. The number of hydrogen-bond acceptors (Lipinski definition) is 3. The van der Waals surface area contributed by atoms with Crippen LogP contribution in [0, 0.1) is 0 Å². The molecule has 1 atom stereocenters. The lowest BCUT2D eigenvalue weighted by Gasteiger charge is -2.12. The van der Waals surface area contributed by atoms with Gasteiger partial charge in [-0.05, 0) is 45.9 Å². The van der Waals surface area contributed by atoms with E-state index in [1.54, 1.807) is 30.3 Å². The van der Waals surface area contributed by atoms with Gasteiger partial charge in [0, 0.05) is 0 Å². The molecular weight excluding hydrogens is 300 g/mol. The van der Waals surface area contributed by atoms with E-state index >= 15 is 0 Å². The SMILES string of the molecule is O=P(Cl)(Cl)CP(=O)(Cl)Oc1ccccc1. The quantitative estimate of drug-likeness (QED) is 0.725. The van der Waals surface area contributed by atoms with Gasteiger partial charge in [0.1, 0.15) is 11.7 Å². The molecule has 3 nitrogen and oxygen atoms in total. The minimum atomic E-state index is -3.59. The molecule has 0 heterocycles. The molecule has 0 saturated carbocycles. The van der Waals surface area contributed by atoms with Crippen molar-refractivity contribution in [1.29, 1.82) is 0 Å². The second kappa shape index (κ2) is 5.12. The second-order valence-corrected chi connectivity index (χ2v) is 11.7. The average Bonchev–Trinajstić information content (AvgIpc) is 1.99. The number of rotatable bonds is 4. The van der Waals surface area contributed by atoms with E-state index in [0.717, 1.165) is 0 Å². The lowest BCUT2D eigenvalue weighted by molar-refractivity contribution is 0.502. The molecule has 1 unspecified atom stereocenters. The predicted molar refractivity (Wildman–Crippen MR) is 64.7 cm³/mol. The summed E-state index contributed by atoms with van der Waals surface area (Å²) in [4.78, 5) is 0. The zero-order valence-corrected chi connectivity index (χ0v) is 11.4. The Hall–Kier alpha value is 0.350. The summed E-state index contributed by atoms with van der Waals surface area (Å²) in [7, 11) is 0. The molecular formula is C7H7Cl3O3P2. The molecule has 84 valence electrons. The van der Waals surface area contributed by atoms with Gasteiger partial charge >= 0.3 is 6.72 Å². The lowest BCUT2D eigenvalue weighted by atomic mass is 10.3. The Morgan fingerprint density at radius 3 is 2.07 bits per heavy atom. The van der Waals surface area contributed by atoms with Crippen LogP contribution in [0.3, 0.4) is 0 Å². The van der Waals surface area contributed by atoms with E-state index in [4.69, 9.17) is 38.2 Å². The van der Waals surface area contributed by atoms with Gasteiger partial charge in [0.2, 0.25) is 0 Å². The van der Waals surface area contributed by atoms with Gasteiger partial charge in [-0.15, -0.1) is 0 Å². The first-order valence-corrected chi connectivity index (χ1v) is 10.2. The van der Waals surface area contributed by atoms with Crippen LogP contribution in [0.25, 0.3) is 0 Å². The van der Waals surface area contributed by atoms with Crippen LogP contribution in [-0.4, -0.2) is 5.90 Å². The van der Waals surface area contributed by atoms with Crippen molar-refractivity contribution in [2.24, 2.45) is 0 Å². The largest absolute Gasteiger partial charge is 0.432 e. The Labute approximate surface area is 102 Å². The van der Waals surface area contributed by atoms with Crippen LogP contribution in [0.5, 0.6) is 5.75 Å². The maximum Gasteiger partial charge on any atom is 0.346 e. The lowest BCUT2D eigenvalue weighted by Crippen LogP contribution is -1.89. The summed E-state index contributed by atoms with van der Waals surface area (Å²) in [6.07, 6.45) is 0.